The van der Waals surface area contributed by atoms with E-state index < -0.39 is 23.3 Å². The van der Waals surface area contributed by atoms with E-state index in [1.165, 1.54) is 20.3 Å². The van der Waals surface area contributed by atoms with Gasteiger partial charge in [0, 0.05) is 31.7 Å². The zero-order chi connectivity index (χ0) is 13.4. The molecule has 1 N–H and O–H groups in total. The summed E-state index contributed by atoms with van der Waals surface area (Å²) in [6, 6.07) is 1.74. The van der Waals surface area contributed by atoms with E-state index in [0.717, 1.165) is 11.0 Å². The molecule has 0 bridgehead atoms. The molecular weight excluding hydrogens is 242 g/mol. The fourth-order valence-electron chi connectivity index (χ4n) is 1.68. The first-order chi connectivity index (χ1) is 8.41. The second kappa shape index (κ2) is 4.21. The van der Waals surface area contributed by atoms with E-state index in [1.807, 2.05) is 0 Å². The maximum atomic E-state index is 13.6. The number of H-pyrrole nitrogens is 1. The highest BCUT2D eigenvalue weighted by atomic mass is 19.1. The first-order valence-corrected chi connectivity index (χ1v) is 5.14. The minimum atomic E-state index is -0.874. The molecule has 1 aromatic heterocycles. The number of benzene rings is 1. The van der Waals surface area contributed by atoms with E-state index in [9.17, 15) is 18.4 Å². The van der Waals surface area contributed by atoms with Gasteiger partial charge < -0.3 is 9.88 Å². The zero-order valence-corrected chi connectivity index (χ0v) is 9.75. The van der Waals surface area contributed by atoms with E-state index in [4.69, 9.17) is 0 Å². The van der Waals surface area contributed by atoms with Crippen LogP contribution in [0.4, 0.5) is 8.78 Å². The Morgan fingerprint density at radius 2 is 1.89 bits per heavy atom. The normalized spacial score (nSPS) is 10.7. The van der Waals surface area contributed by atoms with Crippen LogP contribution in [0.2, 0.25) is 0 Å². The molecular formula is C12H10F2N2O2. The summed E-state index contributed by atoms with van der Waals surface area (Å²) in [5.41, 5.74) is 0.0450. The summed E-state index contributed by atoms with van der Waals surface area (Å²) < 4.78 is 26.6. The fraction of sp³-hybridized carbons (Fsp3) is 0.167. The third kappa shape index (κ3) is 1.85. The van der Waals surface area contributed by atoms with Crippen molar-refractivity contribution >= 4 is 22.6 Å². The monoisotopic (exact) mass is 252 g/mol. The fourth-order valence-corrected chi connectivity index (χ4v) is 1.68. The second-order valence-electron chi connectivity index (χ2n) is 4.04. The van der Waals surface area contributed by atoms with E-state index in [2.05, 4.69) is 4.98 Å². The molecule has 4 nitrogen and oxygen atoms in total. The Labute approximate surface area is 101 Å². The Hall–Kier alpha value is -2.24. The molecule has 18 heavy (non-hydrogen) atoms. The van der Waals surface area contributed by atoms with Gasteiger partial charge in [-0.1, -0.05) is 0 Å². The molecule has 94 valence electrons. The number of likely N-dealkylation sites (N-methyl/N-ethyl adjacent to an activating group) is 1. The molecule has 1 aromatic carbocycles. The molecule has 0 aliphatic rings. The number of aromatic nitrogens is 1. The lowest BCUT2D eigenvalue weighted by Gasteiger charge is -2.08. The number of halogens is 2. The third-order valence-corrected chi connectivity index (χ3v) is 2.54. The van der Waals surface area contributed by atoms with Crippen LogP contribution in [-0.2, 0) is 4.79 Å². The molecule has 0 spiro atoms. The summed E-state index contributed by atoms with van der Waals surface area (Å²) in [6.45, 7) is 0. The van der Waals surface area contributed by atoms with Crippen molar-refractivity contribution in [1.29, 1.82) is 0 Å². The summed E-state index contributed by atoms with van der Waals surface area (Å²) in [5, 5.41) is -0.0726. The van der Waals surface area contributed by atoms with Crippen LogP contribution in [0, 0.1) is 11.6 Å². The predicted octanol–water partition coefficient (Wildman–Crippen LogP) is 1.72. The second-order valence-corrected chi connectivity index (χ2v) is 4.04. The molecule has 0 unspecified atom stereocenters. The minimum Gasteiger partial charge on any atom is -0.360 e. The molecule has 2 rings (SSSR count). The van der Waals surface area contributed by atoms with Gasteiger partial charge in [0.2, 0.25) is 0 Å². The summed E-state index contributed by atoms with van der Waals surface area (Å²) >= 11 is 0. The van der Waals surface area contributed by atoms with Gasteiger partial charge in [0.1, 0.15) is 11.6 Å². The lowest BCUT2D eigenvalue weighted by Crippen LogP contribution is -2.29. The van der Waals surface area contributed by atoms with Crippen molar-refractivity contribution in [2.45, 2.75) is 0 Å². The van der Waals surface area contributed by atoms with Crippen molar-refractivity contribution in [2.75, 3.05) is 14.1 Å². The lowest BCUT2D eigenvalue weighted by atomic mass is 10.1. The Balaban J connectivity index is 2.60. The van der Waals surface area contributed by atoms with E-state index in [1.54, 1.807) is 0 Å². The van der Waals surface area contributed by atoms with Crippen molar-refractivity contribution in [3.63, 3.8) is 0 Å². The largest absolute Gasteiger partial charge is 0.360 e. The van der Waals surface area contributed by atoms with Crippen molar-refractivity contribution in [3.05, 3.63) is 35.5 Å². The van der Waals surface area contributed by atoms with Crippen LogP contribution in [-0.4, -0.2) is 35.7 Å². The number of fused-ring (bicyclic) bond motifs is 1. The number of nitrogens with zero attached hydrogens (tertiary/aromatic N) is 1. The SMILES string of the molecule is CN(C)C(=O)C(=O)c1c[nH]c2cc(F)cc(F)c12. The number of ketones is 1. The van der Waals surface area contributed by atoms with E-state index >= 15 is 0 Å². The maximum absolute atomic E-state index is 13.6. The number of nitrogens with one attached hydrogen (secondary N) is 1. The molecule has 0 saturated heterocycles. The molecule has 0 radical (unpaired) electrons. The molecule has 0 aliphatic heterocycles. The first-order valence-electron chi connectivity index (χ1n) is 5.14. The number of hydrogen-bond acceptors (Lipinski definition) is 2. The lowest BCUT2D eigenvalue weighted by molar-refractivity contribution is -0.124. The molecule has 1 amide bonds. The summed E-state index contributed by atoms with van der Waals surface area (Å²) in [6.07, 6.45) is 1.21. The molecule has 2 aromatic rings. The molecule has 0 aliphatic carbocycles. The van der Waals surface area contributed by atoms with Gasteiger partial charge in [0.25, 0.3) is 11.7 Å². The van der Waals surface area contributed by atoms with Crippen LogP contribution >= 0.6 is 0 Å². The molecule has 0 atom stereocenters. The van der Waals surface area contributed by atoms with Gasteiger partial charge >= 0.3 is 0 Å². The quantitative estimate of drug-likeness (QED) is 0.653. The van der Waals surface area contributed by atoms with Crippen LogP contribution in [0.25, 0.3) is 10.9 Å². The molecule has 1 heterocycles. The van der Waals surface area contributed by atoms with Crippen LogP contribution in [0.5, 0.6) is 0 Å². The average molecular weight is 252 g/mol. The van der Waals surface area contributed by atoms with Gasteiger partial charge in [0.15, 0.2) is 0 Å². The molecule has 6 heteroatoms. The number of aromatic amines is 1. The van der Waals surface area contributed by atoms with Crippen molar-refractivity contribution in [1.82, 2.24) is 9.88 Å². The topological polar surface area (TPSA) is 53.2 Å². The Morgan fingerprint density at radius 1 is 1.22 bits per heavy atom. The summed E-state index contributed by atoms with van der Waals surface area (Å²) in [7, 11) is 2.84. The van der Waals surface area contributed by atoms with Crippen molar-refractivity contribution < 1.29 is 18.4 Å². The number of rotatable bonds is 2. The average Bonchev–Trinajstić information content (AvgIpc) is 2.70. The highest BCUT2D eigenvalue weighted by Crippen LogP contribution is 2.23. The maximum Gasteiger partial charge on any atom is 0.294 e. The highest BCUT2D eigenvalue weighted by Gasteiger charge is 2.23. The molecule has 0 saturated carbocycles. The third-order valence-electron chi connectivity index (χ3n) is 2.54. The number of carbonyl (C=O) groups excluding carboxylic acids is 2. The van der Waals surface area contributed by atoms with E-state index in [0.29, 0.717) is 6.07 Å². The van der Waals surface area contributed by atoms with Gasteiger partial charge in [0.05, 0.1) is 11.1 Å². The van der Waals surface area contributed by atoms with Crippen molar-refractivity contribution in [2.24, 2.45) is 0 Å². The summed E-state index contributed by atoms with van der Waals surface area (Å²) in [4.78, 5) is 27.0. The minimum absolute atomic E-state index is 0.0726. The number of Topliss-reactive ketones (excluding diaryl/α,β-unsaturated/α-hetero) is 1. The zero-order valence-electron chi connectivity index (χ0n) is 9.75. The molecule has 0 fully saturated rings. The number of amides is 1. The smallest absolute Gasteiger partial charge is 0.294 e. The predicted molar refractivity (Wildman–Crippen MR) is 61.2 cm³/mol. The number of hydrogen-bond donors (Lipinski definition) is 1. The van der Waals surface area contributed by atoms with E-state index in [-0.39, 0.29) is 16.5 Å². The van der Waals surface area contributed by atoms with Gasteiger partial charge in [-0.25, -0.2) is 8.78 Å². The van der Waals surface area contributed by atoms with Crippen LogP contribution in [0.1, 0.15) is 10.4 Å². The Morgan fingerprint density at radius 3 is 2.50 bits per heavy atom. The van der Waals surface area contributed by atoms with Gasteiger partial charge in [-0.3, -0.25) is 9.59 Å². The van der Waals surface area contributed by atoms with Crippen LogP contribution in [0.15, 0.2) is 18.3 Å². The first kappa shape index (κ1) is 12.2. The highest BCUT2D eigenvalue weighted by molar-refractivity contribution is 6.44. The Kier molecular flexibility index (Phi) is 2.86. The summed E-state index contributed by atoms with van der Waals surface area (Å²) in [5.74, 6) is -3.22. The van der Waals surface area contributed by atoms with Crippen LogP contribution < -0.4 is 0 Å². The standard InChI is InChI=1S/C12H10F2N2O2/c1-16(2)12(18)11(17)7-5-15-9-4-6(13)3-8(14)10(7)9/h3-5,15H,1-2H3. The van der Waals surface area contributed by atoms with Gasteiger partial charge in [-0.2, -0.15) is 0 Å². The Bertz CT molecular complexity index is 647. The van der Waals surface area contributed by atoms with Crippen LogP contribution in [0.3, 0.4) is 0 Å². The van der Waals surface area contributed by atoms with Crippen molar-refractivity contribution in [3.8, 4) is 0 Å². The number of carbonyl (C=O) groups is 2. The van der Waals surface area contributed by atoms with Gasteiger partial charge in [-0.05, 0) is 6.07 Å². The van der Waals surface area contributed by atoms with Gasteiger partial charge in [-0.15, -0.1) is 0 Å².